The van der Waals surface area contributed by atoms with Crippen LogP contribution in [-0.2, 0) is 4.79 Å². The predicted octanol–water partition coefficient (Wildman–Crippen LogP) is 1.31. The van der Waals surface area contributed by atoms with Gasteiger partial charge in [-0.1, -0.05) is 17.7 Å². The summed E-state index contributed by atoms with van der Waals surface area (Å²) in [4.78, 5) is 11.4. The molecule has 1 aromatic heterocycles. The number of ether oxygens (including phenoxy) is 2. The molecular formula is C14H11N3O4S. The van der Waals surface area contributed by atoms with Crippen molar-refractivity contribution in [1.29, 1.82) is 0 Å². The van der Waals surface area contributed by atoms with E-state index in [2.05, 4.69) is 21.4 Å². The quantitative estimate of drug-likeness (QED) is 0.657. The number of nitrogens with zero attached hydrogens (tertiary/aromatic N) is 2. The first-order valence-electron chi connectivity index (χ1n) is 6.33. The smallest absolute Gasteiger partial charge is 0.277 e. The van der Waals surface area contributed by atoms with E-state index in [-0.39, 0.29) is 25.0 Å². The second kappa shape index (κ2) is 6.41. The Balaban J connectivity index is 1.64. The van der Waals surface area contributed by atoms with E-state index >= 15 is 0 Å². The van der Waals surface area contributed by atoms with Crippen LogP contribution >= 0.6 is 11.8 Å². The first-order chi connectivity index (χ1) is 10.8. The minimum Gasteiger partial charge on any atom is -0.454 e. The normalized spacial score (nSPS) is 12.0. The number of rotatable bonds is 5. The molecule has 0 aliphatic carbocycles. The molecule has 0 saturated heterocycles. The van der Waals surface area contributed by atoms with E-state index in [1.54, 1.807) is 18.2 Å². The molecule has 2 aromatic rings. The van der Waals surface area contributed by atoms with Crippen LogP contribution < -0.4 is 14.8 Å². The topological polar surface area (TPSA) is 86.5 Å². The minimum atomic E-state index is -0.189. The molecule has 1 amide bonds. The molecule has 0 atom stereocenters. The fourth-order valence-corrected chi connectivity index (χ4v) is 2.34. The number of carbonyl (C=O) groups excluding carboxylic acids is 1. The number of terminal acetylenes is 1. The van der Waals surface area contributed by atoms with Gasteiger partial charge in [0.25, 0.3) is 5.22 Å². The van der Waals surface area contributed by atoms with Gasteiger partial charge in [0.05, 0.1) is 12.3 Å². The average Bonchev–Trinajstić information content (AvgIpc) is 3.18. The third-order valence-corrected chi connectivity index (χ3v) is 3.56. The van der Waals surface area contributed by atoms with Crippen LogP contribution in [0.3, 0.4) is 0 Å². The molecule has 7 nitrogen and oxygen atoms in total. The lowest BCUT2D eigenvalue weighted by Crippen LogP contribution is -2.25. The van der Waals surface area contributed by atoms with Crippen molar-refractivity contribution in [2.24, 2.45) is 0 Å². The number of hydrogen-bond donors (Lipinski definition) is 1. The molecule has 0 unspecified atom stereocenters. The van der Waals surface area contributed by atoms with Crippen molar-refractivity contribution in [3.05, 3.63) is 18.2 Å². The zero-order valence-electron chi connectivity index (χ0n) is 11.4. The summed E-state index contributed by atoms with van der Waals surface area (Å²) in [5.41, 5.74) is 0.723. The third kappa shape index (κ3) is 3.15. The van der Waals surface area contributed by atoms with Gasteiger partial charge in [0, 0.05) is 5.56 Å². The van der Waals surface area contributed by atoms with Crippen molar-refractivity contribution >= 4 is 17.7 Å². The third-order valence-electron chi connectivity index (χ3n) is 2.74. The predicted molar refractivity (Wildman–Crippen MR) is 78.4 cm³/mol. The largest absolute Gasteiger partial charge is 0.454 e. The molecule has 0 bridgehead atoms. The molecule has 0 fully saturated rings. The van der Waals surface area contributed by atoms with Gasteiger partial charge < -0.3 is 19.2 Å². The Morgan fingerprint density at radius 3 is 3.09 bits per heavy atom. The summed E-state index contributed by atoms with van der Waals surface area (Å²) in [6.45, 7) is 0.405. The van der Waals surface area contributed by atoms with Gasteiger partial charge in [0.15, 0.2) is 11.5 Å². The van der Waals surface area contributed by atoms with Crippen LogP contribution in [-0.4, -0.2) is 35.2 Å². The first-order valence-corrected chi connectivity index (χ1v) is 7.31. The van der Waals surface area contributed by atoms with Gasteiger partial charge in [-0.05, 0) is 18.2 Å². The number of aromatic nitrogens is 2. The van der Waals surface area contributed by atoms with Crippen molar-refractivity contribution in [1.82, 2.24) is 15.5 Å². The number of carbonyl (C=O) groups is 1. The molecule has 0 spiro atoms. The zero-order valence-corrected chi connectivity index (χ0v) is 12.2. The number of nitrogens with one attached hydrogen (secondary N) is 1. The van der Waals surface area contributed by atoms with Gasteiger partial charge in [-0.25, -0.2) is 0 Å². The SMILES string of the molecule is C#CCNC(=O)CSc1nnc(-c2ccc3c(c2)OCO3)o1. The van der Waals surface area contributed by atoms with Gasteiger partial charge in [0.1, 0.15) is 0 Å². The monoisotopic (exact) mass is 317 g/mol. The highest BCUT2D eigenvalue weighted by Crippen LogP contribution is 2.35. The van der Waals surface area contributed by atoms with Crippen LogP contribution in [0.2, 0.25) is 0 Å². The summed E-state index contributed by atoms with van der Waals surface area (Å²) in [5.74, 6) is 3.97. The molecule has 2 heterocycles. The van der Waals surface area contributed by atoms with E-state index in [0.29, 0.717) is 22.6 Å². The van der Waals surface area contributed by atoms with Crippen molar-refractivity contribution in [3.8, 4) is 35.3 Å². The fourth-order valence-electron chi connectivity index (χ4n) is 1.74. The van der Waals surface area contributed by atoms with Crippen molar-refractivity contribution in [2.45, 2.75) is 5.22 Å². The van der Waals surface area contributed by atoms with Gasteiger partial charge in [0.2, 0.25) is 18.6 Å². The Bertz CT molecular complexity index is 738. The maximum atomic E-state index is 11.4. The summed E-state index contributed by atoms with van der Waals surface area (Å²) >= 11 is 1.14. The van der Waals surface area contributed by atoms with Crippen LogP contribution in [0.5, 0.6) is 11.5 Å². The number of benzene rings is 1. The number of fused-ring (bicyclic) bond motifs is 1. The average molecular weight is 317 g/mol. The van der Waals surface area contributed by atoms with Gasteiger partial charge in [-0.2, -0.15) is 0 Å². The van der Waals surface area contributed by atoms with Gasteiger partial charge >= 0.3 is 0 Å². The summed E-state index contributed by atoms with van der Waals surface area (Å²) < 4.78 is 16.0. The molecule has 22 heavy (non-hydrogen) atoms. The highest BCUT2D eigenvalue weighted by atomic mass is 32.2. The molecule has 1 N–H and O–H groups in total. The van der Waals surface area contributed by atoms with Crippen LogP contribution in [0.4, 0.5) is 0 Å². The van der Waals surface area contributed by atoms with E-state index in [0.717, 1.165) is 17.3 Å². The summed E-state index contributed by atoms with van der Waals surface area (Å²) in [5, 5.41) is 10.7. The van der Waals surface area contributed by atoms with Crippen molar-refractivity contribution in [3.63, 3.8) is 0 Å². The van der Waals surface area contributed by atoms with Crippen LogP contribution in [0, 0.1) is 12.3 Å². The highest BCUT2D eigenvalue weighted by molar-refractivity contribution is 7.99. The molecular weight excluding hydrogens is 306 g/mol. The first kappa shape index (κ1) is 14.3. The Labute approximate surface area is 130 Å². The molecule has 3 rings (SSSR count). The maximum Gasteiger partial charge on any atom is 0.277 e. The second-order valence-corrected chi connectivity index (χ2v) is 5.14. The van der Waals surface area contributed by atoms with E-state index in [1.807, 2.05) is 0 Å². The molecule has 1 aliphatic rings. The molecule has 1 aromatic carbocycles. The summed E-state index contributed by atoms with van der Waals surface area (Å²) in [6.07, 6.45) is 5.06. The second-order valence-electron chi connectivity index (χ2n) is 4.21. The number of amides is 1. The Morgan fingerprint density at radius 1 is 1.36 bits per heavy atom. The highest BCUT2D eigenvalue weighted by Gasteiger charge is 2.17. The van der Waals surface area contributed by atoms with Crippen LogP contribution in [0.1, 0.15) is 0 Å². The van der Waals surface area contributed by atoms with E-state index < -0.39 is 0 Å². The molecule has 0 saturated carbocycles. The van der Waals surface area contributed by atoms with E-state index in [1.165, 1.54) is 0 Å². The maximum absolute atomic E-state index is 11.4. The molecule has 112 valence electrons. The van der Waals surface area contributed by atoms with E-state index in [4.69, 9.17) is 20.3 Å². The fraction of sp³-hybridized carbons (Fsp3) is 0.214. The minimum absolute atomic E-state index is 0.157. The Hall–Kier alpha value is -2.66. The lowest BCUT2D eigenvalue weighted by Gasteiger charge is -1.99. The number of hydrogen-bond acceptors (Lipinski definition) is 7. The molecule has 1 aliphatic heterocycles. The van der Waals surface area contributed by atoms with E-state index in [9.17, 15) is 4.79 Å². The van der Waals surface area contributed by atoms with Crippen molar-refractivity contribution < 1.29 is 18.7 Å². The number of thioether (sulfide) groups is 1. The molecule has 0 radical (unpaired) electrons. The van der Waals surface area contributed by atoms with Crippen LogP contribution in [0.25, 0.3) is 11.5 Å². The summed E-state index contributed by atoms with van der Waals surface area (Å²) in [7, 11) is 0. The molecule has 8 heteroatoms. The van der Waals surface area contributed by atoms with Crippen LogP contribution in [0.15, 0.2) is 27.8 Å². The van der Waals surface area contributed by atoms with Crippen molar-refractivity contribution in [2.75, 3.05) is 19.1 Å². The lowest BCUT2D eigenvalue weighted by atomic mass is 10.2. The lowest BCUT2D eigenvalue weighted by molar-refractivity contribution is -0.118. The summed E-state index contributed by atoms with van der Waals surface area (Å²) in [6, 6.07) is 5.35. The Morgan fingerprint density at radius 2 is 2.23 bits per heavy atom. The Kier molecular flexibility index (Phi) is 4.16. The van der Waals surface area contributed by atoms with Gasteiger partial charge in [-0.3, -0.25) is 4.79 Å². The zero-order chi connectivity index (χ0) is 15.4. The van der Waals surface area contributed by atoms with Gasteiger partial charge in [-0.15, -0.1) is 16.6 Å². The standard InChI is InChI=1S/C14H11N3O4S/c1-2-5-15-12(18)7-22-14-17-16-13(21-14)9-3-4-10-11(6-9)20-8-19-10/h1,3-4,6H,5,7-8H2,(H,15,18).